The summed E-state index contributed by atoms with van der Waals surface area (Å²) >= 11 is 0. The summed E-state index contributed by atoms with van der Waals surface area (Å²) in [6.45, 7) is 7.49. The highest BCUT2D eigenvalue weighted by Crippen LogP contribution is 2.21. The van der Waals surface area contributed by atoms with Crippen molar-refractivity contribution in [3.8, 4) is 0 Å². The number of para-hydroxylation sites is 1. The van der Waals surface area contributed by atoms with Gasteiger partial charge in [-0.3, -0.25) is 4.90 Å². The zero-order chi connectivity index (χ0) is 13.8. The van der Waals surface area contributed by atoms with Crippen LogP contribution in [-0.2, 0) is 0 Å². The average molecular weight is 314 g/mol. The Morgan fingerprint density at radius 2 is 1.90 bits per heavy atom. The Morgan fingerprint density at radius 3 is 2.57 bits per heavy atom. The molecule has 0 aromatic heterocycles. The van der Waals surface area contributed by atoms with Crippen LogP contribution < -0.4 is 10.2 Å². The van der Waals surface area contributed by atoms with E-state index in [1.807, 2.05) is 12.1 Å². The van der Waals surface area contributed by atoms with Gasteiger partial charge < -0.3 is 10.2 Å². The van der Waals surface area contributed by atoms with Crippen LogP contribution >= 0.6 is 12.4 Å². The van der Waals surface area contributed by atoms with E-state index >= 15 is 0 Å². The second kappa shape index (κ2) is 7.97. The maximum absolute atomic E-state index is 13.8. The molecule has 2 heterocycles. The molecule has 1 aromatic rings. The molecule has 0 aliphatic carbocycles. The lowest BCUT2D eigenvalue weighted by molar-refractivity contribution is 0.198. The van der Waals surface area contributed by atoms with Crippen LogP contribution in [0.3, 0.4) is 0 Å². The standard InChI is InChI=1S/C16H24FN3.ClH/c17-15-5-1-2-6-16(15)20-10-8-19(9-11-20)13-14-4-3-7-18-12-14;/h1-2,5-6,14,18H,3-4,7-13H2;1H. The van der Waals surface area contributed by atoms with Gasteiger partial charge in [0, 0.05) is 32.7 Å². The molecule has 118 valence electrons. The zero-order valence-electron chi connectivity index (χ0n) is 12.4. The summed E-state index contributed by atoms with van der Waals surface area (Å²) in [7, 11) is 0. The molecule has 1 N–H and O–H groups in total. The van der Waals surface area contributed by atoms with Crippen molar-refractivity contribution in [1.82, 2.24) is 10.2 Å². The molecule has 5 heteroatoms. The van der Waals surface area contributed by atoms with Gasteiger partial charge in [0.25, 0.3) is 0 Å². The first kappa shape index (κ1) is 16.5. The minimum Gasteiger partial charge on any atom is -0.367 e. The summed E-state index contributed by atoms with van der Waals surface area (Å²) < 4.78 is 13.8. The molecule has 3 nitrogen and oxygen atoms in total. The van der Waals surface area contributed by atoms with Crippen LogP contribution in [-0.4, -0.2) is 50.7 Å². The zero-order valence-corrected chi connectivity index (χ0v) is 13.2. The smallest absolute Gasteiger partial charge is 0.146 e. The molecule has 2 saturated heterocycles. The Morgan fingerprint density at radius 1 is 1.14 bits per heavy atom. The van der Waals surface area contributed by atoms with Crippen molar-refractivity contribution in [1.29, 1.82) is 0 Å². The van der Waals surface area contributed by atoms with Crippen molar-refractivity contribution < 1.29 is 4.39 Å². The van der Waals surface area contributed by atoms with E-state index in [-0.39, 0.29) is 18.2 Å². The van der Waals surface area contributed by atoms with Gasteiger partial charge in [0.15, 0.2) is 0 Å². The van der Waals surface area contributed by atoms with Crippen molar-refractivity contribution >= 4 is 18.1 Å². The van der Waals surface area contributed by atoms with Crippen LogP contribution in [0.4, 0.5) is 10.1 Å². The molecule has 0 amide bonds. The number of anilines is 1. The Hall–Kier alpha value is -0.840. The maximum atomic E-state index is 13.8. The van der Waals surface area contributed by atoms with Gasteiger partial charge in [0.1, 0.15) is 5.82 Å². The topological polar surface area (TPSA) is 18.5 Å². The van der Waals surface area contributed by atoms with E-state index in [0.717, 1.165) is 44.3 Å². The van der Waals surface area contributed by atoms with Gasteiger partial charge in [0.05, 0.1) is 5.69 Å². The summed E-state index contributed by atoms with van der Waals surface area (Å²) in [6, 6.07) is 7.11. The van der Waals surface area contributed by atoms with E-state index in [1.54, 1.807) is 12.1 Å². The van der Waals surface area contributed by atoms with E-state index in [1.165, 1.54) is 25.9 Å². The molecule has 1 aromatic carbocycles. The van der Waals surface area contributed by atoms with Gasteiger partial charge in [-0.1, -0.05) is 12.1 Å². The third-order valence-corrected chi connectivity index (χ3v) is 4.48. The first-order valence-corrected chi connectivity index (χ1v) is 7.75. The molecule has 0 bridgehead atoms. The Balaban J connectivity index is 0.00000161. The highest BCUT2D eigenvalue weighted by atomic mass is 35.5. The molecular weight excluding hydrogens is 289 g/mol. The summed E-state index contributed by atoms with van der Waals surface area (Å²) in [4.78, 5) is 4.71. The fraction of sp³-hybridized carbons (Fsp3) is 0.625. The monoisotopic (exact) mass is 313 g/mol. The molecule has 1 atom stereocenters. The van der Waals surface area contributed by atoms with Gasteiger partial charge in [0.2, 0.25) is 0 Å². The van der Waals surface area contributed by atoms with Crippen molar-refractivity contribution in [2.24, 2.45) is 5.92 Å². The van der Waals surface area contributed by atoms with Crippen molar-refractivity contribution in [2.75, 3.05) is 50.7 Å². The van der Waals surface area contributed by atoms with E-state index in [2.05, 4.69) is 15.1 Å². The summed E-state index contributed by atoms with van der Waals surface area (Å²) in [5.41, 5.74) is 0.756. The largest absolute Gasteiger partial charge is 0.367 e. The molecule has 0 radical (unpaired) electrons. The van der Waals surface area contributed by atoms with Crippen molar-refractivity contribution in [3.05, 3.63) is 30.1 Å². The number of nitrogens with one attached hydrogen (secondary N) is 1. The SMILES string of the molecule is Cl.Fc1ccccc1N1CCN(CC2CCCNC2)CC1. The van der Waals surface area contributed by atoms with Crippen molar-refractivity contribution in [2.45, 2.75) is 12.8 Å². The van der Waals surface area contributed by atoms with Gasteiger partial charge in [-0.15, -0.1) is 12.4 Å². The first-order valence-electron chi connectivity index (χ1n) is 7.75. The first-order chi connectivity index (χ1) is 9.83. The summed E-state index contributed by atoms with van der Waals surface area (Å²) in [6.07, 6.45) is 2.65. The maximum Gasteiger partial charge on any atom is 0.146 e. The van der Waals surface area contributed by atoms with Crippen molar-refractivity contribution in [3.63, 3.8) is 0 Å². The predicted octanol–water partition coefficient (Wildman–Crippen LogP) is 2.37. The number of benzene rings is 1. The van der Waals surface area contributed by atoms with Crippen LogP contribution in [0.25, 0.3) is 0 Å². The minimum atomic E-state index is -0.0996. The number of piperidine rings is 1. The quantitative estimate of drug-likeness (QED) is 0.924. The number of nitrogens with zero attached hydrogens (tertiary/aromatic N) is 2. The Bertz CT molecular complexity index is 429. The number of hydrogen-bond acceptors (Lipinski definition) is 3. The molecule has 0 spiro atoms. The molecular formula is C16H25ClFN3. The highest BCUT2D eigenvalue weighted by Gasteiger charge is 2.22. The third-order valence-electron chi connectivity index (χ3n) is 4.48. The van der Waals surface area contributed by atoms with Crippen LogP contribution in [0.2, 0.25) is 0 Å². The predicted molar refractivity (Wildman–Crippen MR) is 87.9 cm³/mol. The number of piperazine rings is 1. The second-order valence-corrected chi connectivity index (χ2v) is 5.95. The summed E-state index contributed by atoms with van der Waals surface area (Å²) in [5, 5.41) is 3.48. The number of halogens is 2. The molecule has 3 rings (SSSR count). The second-order valence-electron chi connectivity index (χ2n) is 5.95. The van der Waals surface area contributed by atoms with E-state index < -0.39 is 0 Å². The van der Waals surface area contributed by atoms with Gasteiger partial charge in [-0.2, -0.15) is 0 Å². The van der Waals surface area contributed by atoms with Crippen LogP contribution in [0.5, 0.6) is 0 Å². The fourth-order valence-electron chi connectivity index (χ4n) is 3.32. The molecule has 2 aliphatic heterocycles. The Labute approximate surface area is 132 Å². The van der Waals surface area contributed by atoms with Crippen LogP contribution in [0, 0.1) is 11.7 Å². The Kier molecular flexibility index (Phi) is 6.27. The normalized spacial score (nSPS) is 23.7. The molecule has 0 saturated carbocycles. The lowest BCUT2D eigenvalue weighted by atomic mass is 9.99. The van der Waals surface area contributed by atoms with Crippen LogP contribution in [0.1, 0.15) is 12.8 Å². The molecule has 2 fully saturated rings. The van der Waals surface area contributed by atoms with E-state index in [0.29, 0.717) is 0 Å². The van der Waals surface area contributed by atoms with E-state index in [9.17, 15) is 4.39 Å². The summed E-state index contributed by atoms with van der Waals surface area (Å²) in [5.74, 6) is 0.696. The number of hydrogen-bond donors (Lipinski definition) is 1. The fourth-order valence-corrected chi connectivity index (χ4v) is 3.32. The average Bonchev–Trinajstić information content (AvgIpc) is 2.50. The lowest BCUT2D eigenvalue weighted by Gasteiger charge is -2.38. The lowest BCUT2D eigenvalue weighted by Crippen LogP contribution is -2.49. The molecule has 2 aliphatic rings. The van der Waals surface area contributed by atoms with Gasteiger partial charge in [-0.25, -0.2) is 4.39 Å². The van der Waals surface area contributed by atoms with Gasteiger partial charge in [-0.05, 0) is 44.0 Å². The van der Waals surface area contributed by atoms with E-state index in [4.69, 9.17) is 0 Å². The number of rotatable bonds is 3. The highest BCUT2D eigenvalue weighted by molar-refractivity contribution is 5.85. The van der Waals surface area contributed by atoms with Gasteiger partial charge >= 0.3 is 0 Å². The molecule has 1 unspecified atom stereocenters. The minimum absolute atomic E-state index is 0. The third kappa shape index (κ3) is 4.31. The molecule has 21 heavy (non-hydrogen) atoms. The van der Waals surface area contributed by atoms with Crippen LogP contribution in [0.15, 0.2) is 24.3 Å².